The van der Waals surface area contributed by atoms with Gasteiger partial charge in [0.15, 0.2) is 0 Å². The Morgan fingerprint density at radius 3 is 3.22 bits per heavy atom. The third-order valence-corrected chi connectivity index (χ3v) is 0.972. The highest BCUT2D eigenvalue weighted by molar-refractivity contribution is 4.86. The maximum absolute atomic E-state index is 3.50. The molecule has 0 aliphatic rings. The Balaban J connectivity index is 2.30. The van der Waals surface area contributed by atoms with Crippen LogP contribution in [0.5, 0.6) is 0 Å². The number of nitrogens with one attached hydrogen (secondary N) is 2. The van der Waals surface area contributed by atoms with Crippen molar-refractivity contribution >= 4 is 0 Å². The summed E-state index contributed by atoms with van der Waals surface area (Å²) in [7, 11) is 0. The lowest BCUT2D eigenvalue weighted by Crippen LogP contribution is -2.11. The van der Waals surface area contributed by atoms with Gasteiger partial charge in [0, 0.05) is 6.54 Å². The van der Waals surface area contributed by atoms with Gasteiger partial charge in [-0.25, -0.2) is 0 Å². The average Bonchev–Trinajstić information content (AvgIpc) is 2.34. The normalized spacial score (nSPS) is 9.89. The van der Waals surface area contributed by atoms with Crippen LogP contribution in [0.2, 0.25) is 0 Å². The SMILES string of the molecule is CCNCc1[c]nn[nH]1. The molecule has 4 heteroatoms. The van der Waals surface area contributed by atoms with E-state index in [0.717, 1.165) is 18.8 Å². The first kappa shape index (κ1) is 6.22. The van der Waals surface area contributed by atoms with E-state index in [1.54, 1.807) is 0 Å². The molecule has 9 heavy (non-hydrogen) atoms. The van der Waals surface area contributed by atoms with Gasteiger partial charge in [0.2, 0.25) is 0 Å². The molecule has 0 atom stereocenters. The van der Waals surface area contributed by atoms with Crippen LogP contribution < -0.4 is 5.32 Å². The topological polar surface area (TPSA) is 53.6 Å². The largest absolute Gasteiger partial charge is 0.311 e. The van der Waals surface area contributed by atoms with Crippen molar-refractivity contribution in [3.8, 4) is 0 Å². The van der Waals surface area contributed by atoms with E-state index in [4.69, 9.17) is 0 Å². The molecule has 0 aliphatic carbocycles. The summed E-state index contributed by atoms with van der Waals surface area (Å²) in [5.74, 6) is 0. The fourth-order valence-electron chi connectivity index (χ4n) is 0.525. The van der Waals surface area contributed by atoms with Crippen LogP contribution in [0.3, 0.4) is 0 Å². The Bertz CT molecular complexity index is 146. The van der Waals surface area contributed by atoms with Crippen LogP contribution in [0, 0.1) is 6.20 Å². The van der Waals surface area contributed by atoms with Gasteiger partial charge < -0.3 is 5.32 Å². The molecule has 0 aliphatic heterocycles. The van der Waals surface area contributed by atoms with Crippen molar-refractivity contribution in [2.45, 2.75) is 13.5 Å². The molecule has 1 heterocycles. The fourth-order valence-corrected chi connectivity index (χ4v) is 0.525. The molecule has 1 aromatic heterocycles. The summed E-state index contributed by atoms with van der Waals surface area (Å²) in [5, 5.41) is 12.8. The molecular weight excluding hydrogens is 116 g/mol. The second-order valence-electron chi connectivity index (χ2n) is 1.68. The minimum absolute atomic E-state index is 0.767. The second-order valence-corrected chi connectivity index (χ2v) is 1.68. The molecule has 0 saturated heterocycles. The van der Waals surface area contributed by atoms with Gasteiger partial charge in [-0.1, -0.05) is 12.1 Å². The lowest BCUT2D eigenvalue weighted by atomic mass is 10.5. The zero-order chi connectivity index (χ0) is 6.53. The number of H-pyrrole nitrogens is 1. The maximum Gasteiger partial charge on any atom is 0.139 e. The van der Waals surface area contributed by atoms with Gasteiger partial charge in [-0.15, -0.1) is 5.10 Å². The van der Waals surface area contributed by atoms with Crippen LogP contribution in [0.1, 0.15) is 12.6 Å². The zero-order valence-electron chi connectivity index (χ0n) is 5.31. The number of nitrogens with zero attached hydrogens (tertiary/aromatic N) is 2. The van der Waals surface area contributed by atoms with Crippen LogP contribution in [0.15, 0.2) is 0 Å². The average molecular weight is 125 g/mol. The summed E-state index contributed by atoms with van der Waals surface area (Å²) in [5.41, 5.74) is 0.900. The zero-order valence-corrected chi connectivity index (χ0v) is 5.31. The van der Waals surface area contributed by atoms with Gasteiger partial charge >= 0.3 is 0 Å². The highest BCUT2D eigenvalue weighted by atomic mass is 15.3. The molecule has 49 valence electrons. The van der Waals surface area contributed by atoms with Crippen LogP contribution in [-0.2, 0) is 6.54 Å². The number of hydrogen-bond acceptors (Lipinski definition) is 3. The van der Waals surface area contributed by atoms with E-state index in [1.807, 2.05) is 6.92 Å². The fraction of sp³-hybridized carbons (Fsp3) is 0.600. The molecule has 1 rings (SSSR count). The van der Waals surface area contributed by atoms with Crippen LogP contribution in [0.4, 0.5) is 0 Å². The lowest BCUT2D eigenvalue weighted by molar-refractivity contribution is 0.706. The van der Waals surface area contributed by atoms with Crippen molar-refractivity contribution in [1.82, 2.24) is 20.7 Å². The highest BCUT2D eigenvalue weighted by Gasteiger charge is 1.90. The molecule has 0 bridgehead atoms. The Morgan fingerprint density at radius 1 is 1.78 bits per heavy atom. The van der Waals surface area contributed by atoms with Crippen LogP contribution in [-0.4, -0.2) is 22.0 Å². The highest BCUT2D eigenvalue weighted by Crippen LogP contribution is 1.83. The van der Waals surface area contributed by atoms with Crippen molar-refractivity contribution in [3.63, 3.8) is 0 Å². The Labute approximate surface area is 53.7 Å². The minimum Gasteiger partial charge on any atom is -0.311 e. The molecule has 1 radical (unpaired) electrons. The van der Waals surface area contributed by atoms with E-state index in [-0.39, 0.29) is 0 Å². The number of rotatable bonds is 3. The van der Waals surface area contributed by atoms with Gasteiger partial charge in [0.05, 0.1) is 5.69 Å². The Hall–Kier alpha value is -0.900. The third kappa shape index (κ3) is 1.81. The predicted molar refractivity (Wildman–Crippen MR) is 32.6 cm³/mol. The summed E-state index contributed by atoms with van der Waals surface area (Å²) in [6.45, 7) is 3.76. The smallest absolute Gasteiger partial charge is 0.139 e. The summed E-state index contributed by atoms with van der Waals surface area (Å²) in [4.78, 5) is 0. The molecule has 0 fully saturated rings. The van der Waals surface area contributed by atoms with E-state index in [1.165, 1.54) is 0 Å². The number of aromatic nitrogens is 3. The monoisotopic (exact) mass is 125 g/mol. The summed E-state index contributed by atoms with van der Waals surface area (Å²) < 4.78 is 0. The molecule has 4 nitrogen and oxygen atoms in total. The molecule has 0 saturated carbocycles. The number of aromatic amines is 1. The van der Waals surface area contributed by atoms with Crippen LogP contribution >= 0.6 is 0 Å². The summed E-state index contributed by atoms with van der Waals surface area (Å²) in [6.07, 6.45) is 2.69. The van der Waals surface area contributed by atoms with Crippen LogP contribution in [0.25, 0.3) is 0 Å². The summed E-state index contributed by atoms with van der Waals surface area (Å²) >= 11 is 0. The first-order chi connectivity index (χ1) is 4.43. The third-order valence-electron chi connectivity index (χ3n) is 0.972. The second kappa shape index (κ2) is 3.19. The molecular formula is C5H9N4. The van der Waals surface area contributed by atoms with E-state index >= 15 is 0 Å². The Kier molecular flexibility index (Phi) is 2.21. The van der Waals surface area contributed by atoms with E-state index < -0.39 is 0 Å². The first-order valence-electron chi connectivity index (χ1n) is 2.91. The van der Waals surface area contributed by atoms with E-state index in [2.05, 4.69) is 26.9 Å². The summed E-state index contributed by atoms with van der Waals surface area (Å²) in [6, 6.07) is 0. The molecule has 1 aromatic rings. The van der Waals surface area contributed by atoms with E-state index in [9.17, 15) is 0 Å². The standard InChI is InChI=1S/C5H9N4/c1-2-6-3-5-4-7-9-8-5/h6H,2-3H2,1H3,(H,7,8,9). The molecule has 2 N–H and O–H groups in total. The number of hydrogen-bond donors (Lipinski definition) is 2. The van der Waals surface area contributed by atoms with Crippen molar-refractivity contribution in [1.29, 1.82) is 0 Å². The molecule has 0 spiro atoms. The van der Waals surface area contributed by atoms with E-state index in [0.29, 0.717) is 0 Å². The quantitative estimate of drug-likeness (QED) is 0.584. The molecule has 0 aromatic carbocycles. The van der Waals surface area contributed by atoms with Gasteiger partial charge in [-0.2, -0.15) is 0 Å². The first-order valence-corrected chi connectivity index (χ1v) is 2.91. The Morgan fingerprint density at radius 2 is 2.67 bits per heavy atom. The molecule has 0 amide bonds. The van der Waals surface area contributed by atoms with Crippen molar-refractivity contribution in [3.05, 3.63) is 11.9 Å². The predicted octanol–water partition coefficient (Wildman–Crippen LogP) is -0.286. The van der Waals surface area contributed by atoms with Crippen molar-refractivity contribution in [2.75, 3.05) is 6.54 Å². The van der Waals surface area contributed by atoms with Crippen molar-refractivity contribution < 1.29 is 0 Å². The van der Waals surface area contributed by atoms with Gasteiger partial charge in [0.25, 0.3) is 0 Å². The lowest BCUT2D eigenvalue weighted by Gasteiger charge is -1.93. The van der Waals surface area contributed by atoms with Gasteiger partial charge in [-0.3, -0.25) is 5.10 Å². The minimum atomic E-state index is 0.767. The maximum atomic E-state index is 3.50. The molecule has 0 unspecified atom stereocenters. The van der Waals surface area contributed by atoms with Gasteiger partial charge in [0.1, 0.15) is 6.20 Å². The van der Waals surface area contributed by atoms with Gasteiger partial charge in [-0.05, 0) is 6.54 Å². The van der Waals surface area contributed by atoms with Crippen molar-refractivity contribution in [2.24, 2.45) is 0 Å².